The van der Waals surface area contributed by atoms with Gasteiger partial charge in [0.1, 0.15) is 0 Å². The molecule has 0 fully saturated rings. The highest BCUT2D eigenvalue weighted by Gasteiger charge is 2.26. The highest BCUT2D eigenvalue weighted by molar-refractivity contribution is 5.14. The van der Waals surface area contributed by atoms with E-state index < -0.39 is 5.79 Å². The molecule has 0 heterocycles. The summed E-state index contributed by atoms with van der Waals surface area (Å²) >= 11 is 0. The maximum absolute atomic E-state index is 9.84. The Kier molecular flexibility index (Phi) is 2.66. The molecule has 1 N–H and O–H groups in total. The average Bonchev–Trinajstić information content (AvgIpc) is 2.65. The largest absolute Gasteiger partial charge is 0.362 e. The molecule has 1 unspecified atom stereocenters. The third-order valence-corrected chi connectivity index (χ3v) is 2.38. The first-order valence-electron chi connectivity index (χ1n) is 4.86. The van der Waals surface area contributed by atoms with Crippen molar-refractivity contribution in [2.45, 2.75) is 25.2 Å². The first kappa shape index (κ1) is 9.44. The summed E-state index contributed by atoms with van der Waals surface area (Å²) in [5, 5.41) is 9.84. The normalized spacial score (nSPS) is 25.5. The quantitative estimate of drug-likeness (QED) is 0.585. The summed E-state index contributed by atoms with van der Waals surface area (Å²) in [6.07, 6.45) is 5.24. The fourth-order valence-corrected chi connectivity index (χ4v) is 1.54. The second-order valence-corrected chi connectivity index (χ2v) is 3.56. The van der Waals surface area contributed by atoms with Crippen molar-refractivity contribution in [2.24, 2.45) is 0 Å². The summed E-state index contributed by atoms with van der Waals surface area (Å²) in [6.45, 7) is 0.460. The lowest BCUT2D eigenvalue weighted by Gasteiger charge is -2.20. The second kappa shape index (κ2) is 3.95. The summed E-state index contributed by atoms with van der Waals surface area (Å²) in [7, 11) is 0. The van der Waals surface area contributed by atoms with Gasteiger partial charge in [-0.3, -0.25) is 0 Å². The molecule has 0 amide bonds. The van der Waals surface area contributed by atoms with Gasteiger partial charge in [0.2, 0.25) is 0 Å². The second-order valence-electron chi connectivity index (χ2n) is 3.56. The summed E-state index contributed by atoms with van der Waals surface area (Å²) < 4.78 is 5.45. The Hall–Kier alpha value is -1.12. The molecule has 0 spiro atoms. The SMILES string of the molecule is OC1(OCc2ccccc2)C=CCC1. The predicted molar refractivity (Wildman–Crippen MR) is 54.6 cm³/mol. The Morgan fingerprint density at radius 3 is 2.71 bits per heavy atom. The molecular formula is C12H14O2. The molecule has 1 aliphatic rings. The van der Waals surface area contributed by atoms with Crippen LogP contribution in [0.15, 0.2) is 42.5 Å². The third-order valence-electron chi connectivity index (χ3n) is 2.38. The molecule has 0 saturated carbocycles. The number of allylic oxidation sites excluding steroid dienone is 1. The Labute approximate surface area is 83.8 Å². The van der Waals surface area contributed by atoms with Crippen LogP contribution < -0.4 is 0 Å². The van der Waals surface area contributed by atoms with Crippen molar-refractivity contribution in [3.63, 3.8) is 0 Å². The van der Waals surface area contributed by atoms with Crippen LogP contribution in [-0.4, -0.2) is 10.9 Å². The van der Waals surface area contributed by atoms with Gasteiger partial charge in [-0.15, -0.1) is 0 Å². The Balaban J connectivity index is 1.91. The van der Waals surface area contributed by atoms with Gasteiger partial charge in [0, 0.05) is 6.42 Å². The van der Waals surface area contributed by atoms with Gasteiger partial charge in [-0.2, -0.15) is 0 Å². The minimum atomic E-state index is -1.03. The van der Waals surface area contributed by atoms with E-state index >= 15 is 0 Å². The molecule has 0 aliphatic heterocycles. The predicted octanol–water partition coefficient (Wildman–Crippen LogP) is 2.24. The summed E-state index contributed by atoms with van der Waals surface area (Å²) in [4.78, 5) is 0. The molecule has 2 heteroatoms. The van der Waals surface area contributed by atoms with Gasteiger partial charge in [0.15, 0.2) is 5.79 Å². The average molecular weight is 190 g/mol. The molecule has 74 valence electrons. The van der Waals surface area contributed by atoms with Crippen molar-refractivity contribution in [2.75, 3.05) is 0 Å². The van der Waals surface area contributed by atoms with Gasteiger partial charge in [-0.1, -0.05) is 36.4 Å². The summed E-state index contributed by atoms with van der Waals surface area (Å²) in [6, 6.07) is 9.87. The van der Waals surface area contributed by atoms with Crippen molar-refractivity contribution in [1.29, 1.82) is 0 Å². The highest BCUT2D eigenvalue weighted by Crippen LogP contribution is 2.24. The van der Waals surface area contributed by atoms with Gasteiger partial charge in [-0.05, 0) is 18.1 Å². The number of rotatable bonds is 3. The van der Waals surface area contributed by atoms with Crippen LogP contribution in [0.3, 0.4) is 0 Å². The Morgan fingerprint density at radius 1 is 1.29 bits per heavy atom. The molecule has 1 atom stereocenters. The van der Waals surface area contributed by atoms with E-state index in [4.69, 9.17) is 4.74 Å². The van der Waals surface area contributed by atoms with Crippen LogP contribution in [0.2, 0.25) is 0 Å². The molecule has 0 aromatic heterocycles. The first-order valence-corrected chi connectivity index (χ1v) is 4.86. The zero-order valence-corrected chi connectivity index (χ0v) is 8.02. The molecule has 1 aromatic carbocycles. The van der Waals surface area contributed by atoms with E-state index in [0.29, 0.717) is 13.0 Å². The van der Waals surface area contributed by atoms with E-state index in [2.05, 4.69) is 0 Å². The first-order chi connectivity index (χ1) is 6.79. The van der Waals surface area contributed by atoms with Crippen LogP contribution in [0, 0.1) is 0 Å². The minimum Gasteiger partial charge on any atom is -0.362 e. The molecule has 0 radical (unpaired) electrons. The maximum atomic E-state index is 9.84. The van der Waals surface area contributed by atoms with E-state index in [0.717, 1.165) is 12.0 Å². The van der Waals surface area contributed by atoms with Crippen molar-refractivity contribution >= 4 is 0 Å². The van der Waals surface area contributed by atoms with Gasteiger partial charge < -0.3 is 9.84 Å². The molecular weight excluding hydrogens is 176 g/mol. The fraction of sp³-hybridized carbons (Fsp3) is 0.333. The lowest BCUT2D eigenvalue weighted by atomic mass is 10.2. The number of hydrogen-bond acceptors (Lipinski definition) is 2. The monoisotopic (exact) mass is 190 g/mol. The molecule has 14 heavy (non-hydrogen) atoms. The van der Waals surface area contributed by atoms with Crippen LogP contribution in [0.1, 0.15) is 18.4 Å². The minimum absolute atomic E-state index is 0.460. The number of ether oxygens (including phenoxy) is 1. The van der Waals surface area contributed by atoms with E-state index in [-0.39, 0.29) is 0 Å². The Bertz CT molecular complexity index is 318. The van der Waals surface area contributed by atoms with E-state index in [1.54, 1.807) is 6.08 Å². The molecule has 0 bridgehead atoms. The van der Waals surface area contributed by atoms with Crippen molar-refractivity contribution < 1.29 is 9.84 Å². The lowest BCUT2D eigenvalue weighted by molar-refractivity contribution is -0.173. The summed E-state index contributed by atoms with van der Waals surface area (Å²) in [5.74, 6) is -1.03. The van der Waals surface area contributed by atoms with Crippen LogP contribution in [0.25, 0.3) is 0 Å². The number of benzene rings is 1. The van der Waals surface area contributed by atoms with Crippen molar-refractivity contribution in [3.8, 4) is 0 Å². The van der Waals surface area contributed by atoms with Gasteiger partial charge in [0.05, 0.1) is 6.61 Å². The van der Waals surface area contributed by atoms with Gasteiger partial charge in [-0.25, -0.2) is 0 Å². The van der Waals surface area contributed by atoms with Crippen LogP contribution in [0.5, 0.6) is 0 Å². The number of aliphatic hydroxyl groups is 1. The zero-order chi connectivity index (χ0) is 9.86. The van der Waals surface area contributed by atoms with Crippen LogP contribution in [0.4, 0.5) is 0 Å². The molecule has 2 rings (SSSR count). The highest BCUT2D eigenvalue weighted by atomic mass is 16.6. The topological polar surface area (TPSA) is 29.5 Å². The number of hydrogen-bond donors (Lipinski definition) is 1. The van der Waals surface area contributed by atoms with Crippen molar-refractivity contribution in [1.82, 2.24) is 0 Å². The smallest absolute Gasteiger partial charge is 0.185 e. The van der Waals surface area contributed by atoms with Crippen LogP contribution >= 0.6 is 0 Å². The standard InChI is InChI=1S/C12H14O2/c13-12(8-4-5-9-12)14-10-11-6-2-1-3-7-11/h1-4,6-8,13H,5,9-10H2. The molecule has 1 aromatic rings. The molecule has 2 nitrogen and oxygen atoms in total. The van der Waals surface area contributed by atoms with E-state index in [1.807, 2.05) is 36.4 Å². The Morgan fingerprint density at radius 2 is 2.07 bits per heavy atom. The maximum Gasteiger partial charge on any atom is 0.185 e. The molecule has 0 saturated heterocycles. The van der Waals surface area contributed by atoms with Crippen molar-refractivity contribution in [3.05, 3.63) is 48.0 Å². The molecule has 1 aliphatic carbocycles. The van der Waals surface area contributed by atoms with E-state index in [1.165, 1.54) is 0 Å². The summed E-state index contributed by atoms with van der Waals surface area (Å²) in [5.41, 5.74) is 1.08. The zero-order valence-electron chi connectivity index (χ0n) is 8.02. The lowest BCUT2D eigenvalue weighted by Crippen LogP contribution is -2.26. The van der Waals surface area contributed by atoms with Gasteiger partial charge >= 0.3 is 0 Å². The van der Waals surface area contributed by atoms with Gasteiger partial charge in [0.25, 0.3) is 0 Å². The fourth-order valence-electron chi connectivity index (χ4n) is 1.54. The van der Waals surface area contributed by atoms with Crippen LogP contribution in [-0.2, 0) is 11.3 Å². The van der Waals surface area contributed by atoms with E-state index in [9.17, 15) is 5.11 Å². The third kappa shape index (κ3) is 2.22.